The summed E-state index contributed by atoms with van der Waals surface area (Å²) < 4.78 is 5.35. The Morgan fingerprint density at radius 3 is 2.82 bits per heavy atom. The number of hydrogen-bond donors (Lipinski definition) is 1. The summed E-state index contributed by atoms with van der Waals surface area (Å²) in [5, 5.41) is 3.92. The predicted molar refractivity (Wildman–Crippen MR) is 93.8 cm³/mol. The van der Waals surface area contributed by atoms with Crippen molar-refractivity contribution in [3.8, 4) is 0 Å². The van der Waals surface area contributed by atoms with Crippen LogP contribution in [0.15, 0.2) is 18.2 Å². The van der Waals surface area contributed by atoms with Crippen molar-refractivity contribution in [1.29, 1.82) is 0 Å². The number of morpholine rings is 1. The molecule has 22 heavy (non-hydrogen) atoms. The van der Waals surface area contributed by atoms with Crippen LogP contribution < -0.4 is 5.32 Å². The molecule has 1 N–H and O–H groups in total. The van der Waals surface area contributed by atoms with Crippen LogP contribution in [0.5, 0.6) is 0 Å². The lowest BCUT2D eigenvalue weighted by Gasteiger charge is -2.27. The van der Waals surface area contributed by atoms with E-state index in [9.17, 15) is 4.79 Å². The maximum atomic E-state index is 11.9. The molecule has 0 spiro atoms. The SMILES string of the molecule is CSC(C)CC(=O)Nc1ccc(CN2CCOCC2)c(Cl)c1. The Morgan fingerprint density at radius 1 is 1.45 bits per heavy atom. The van der Waals surface area contributed by atoms with E-state index < -0.39 is 0 Å². The standard InChI is InChI=1S/C16H23ClN2O2S/c1-12(22-2)9-16(20)18-14-4-3-13(15(17)10-14)11-19-5-7-21-8-6-19/h3-4,10,12H,5-9,11H2,1-2H3,(H,18,20). The van der Waals surface area contributed by atoms with Gasteiger partial charge in [-0.2, -0.15) is 11.8 Å². The topological polar surface area (TPSA) is 41.6 Å². The van der Waals surface area contributed by atoms with Crippen LogP contribution in [-0.2, 0) is 16.1 Å². The van der Waals surface area contributed by atoms with Crippen molar-refractivity contribution in [2.45, 2.75) is 25.1 Å². The smallest absolute Gasteiger partial charge is 0.225 e. The number of benzene rings is 1. The average Bonchev–Trinajstić information content (AvgIpc) is 2.51. The molecule has 1 aromatic rings. The number of ether oxygens (including phenoxy) is 1. The van der Waals surface area contributed by atoms with E-state index in [1.165, 1.54) is 0 Å². The highest BCUT2D eigenvalue weighted by Gasteiger charge is 2.13. The number of halogens is 1. The van der Waals surface area contributed by atoms with Crippen molar-refractivity contribution >= 4 is 35.0 Å². The van der Waals surface area contributed by atoms with E-state index in [0.717, 1.165) is 44.1 Å². The van der Waals surface area contributed by atoms with Crippen molar-refractivity contribution in [2.75, 3.05) is 37.9 Å². The van der Waals surface area contributed by atoms with Crippen LogP contribution >= 0.6 is 23.4 Å². The van der Waals surface area contributed by atoms with E-state index in [1.54, 1.807) is 11.8 Å². The lowest BCUT2D eigenvalue weighted by molar-refractivity contribution is -0.116. The van der Waals surface area contributed by atoms with Gasteiger partial charge < -0.3 is 10.1 Å². The molecule has 1 aromatic carbocycles. The van der Waals surface area contributed by atoms with Crippen molar-refractivity contribution in [2.24, 2.45) is 0 Å². The molecule has 122 valence electrons. The molecule has 1 unspecified atom stereocenters. The van der Waals surface area contributed by atoms with Gasteiger partial charge in [-0.1, -0.05) is 24.6 Å². The van der Waals surface area contributed by atoms with Gasteiger partial charge in [-0.25, -0.2) is 0 Å². The summed E-state index contributed by atoms with van der Waals surface area (Å²) in [7, 11) is 0. The molecule has 1 amide bonds. The Labute approximate surface area is 141 Å². The van der Waals surface area contributed by atoms with Crippen LogP contribution in [0.3, 0.4) is 0 Å². The zero-order chi connectivity index (χ0) is 15.9. The molecule has 1 fully saturated rings. The third-order valence-electron chi connectivity index (χ3n) is 3.71. The van der Waals surface area contributed by atoms with Gasteiger partial charge in [0.25, 0.3) is 0 Å². The molecule has 4 nitrogen and oxygen atoms in total. The summed E-state index contributed by atoms with van der Waals surface area (Å²) in [6.07, 6.45) is 2.52. The molecule has 1 aliphatic heterocycles. The van der Waals surface area contributed by atoms with Crippen LogP contribution in [0.1, 0.15) is 18.9 Å². The number of nitrogens with zero attached hydrogens (tertiary/aromatic N) is 1. The molecule has 2 rings (SSSR count). The summed E-state index contributed by atoms with van der Waals surface area (Å²) in [4.78, 5) is 14.2. The molecule has 0 aromatic heterocycles. The summed E-state index contributed by atoms with van der Waals surface area (Å²) in [6, 6.07) is 5.74. The van der Waals surface area contributed by atoms with Crippen LogP contribution in [0.25, 0.3) is 0 Å². The largest absolute Gasteiger partial charge is 0.379 e. The zero-order valence-electron chi connectivity index (χ0n) is 13.1. The summed E-state index contributed by atoms with van der Waals surface area (Å²) in [6.45, 7) is 6.28. The highest BCUT2D eigenvalue weighted by molar-refractivity contribution is 7.99. The van der Waals surface area contributed by atoms with E-state index in [1.807, 2.05) is 31.4 Å². The quantitative estimate of drug-likeness (QED) is 0.861. The van der Waals surface area contributed by atoms with E-state index in [-0.39, 0.29) is 5.91 Å². The van der Waals surface area contributed by atoms with Crippen molar-refractivity contribution in [1.82, 2.24) is 4.90 Å². The molecule has 0 saturated carbocycles. The van der Waals surface area contributed by atoms with Gasteiger partial charge in [0.2, 0.25) is 5.91 Å². The minimum atomic E-state index is 0.0267. The number of carbonyl (C=O) groups excluding carboxylic acids is 1. The third-order valence-corrected chi connectivity index (χ3v) is 5.03. The van der Waals surface area contributed by atoms with Crippen LogP contribution in [0.4, 0.5) is 5.69 Å². The van der Waals surface area contributed by atoms with Gasteiger partial charge in [0.05, 0.1) is 13.2 Å². The molecular weight excluding hydrogens is 320 g/mol. The Hall–Kier alpha value is -0.750. The Bertz CT molecular complexity index is 507. The predicted octanol–water partition coefficient (Wildman–Crippen LogP) is 3.25. The van der Waals surface area contributed by atoms with Crippen molar-refractivity contribution < 1.29 is 9.53 Å². The number of hydrogen-bond acceptors (Lipinski definition) is 4. The van der Waals surface area contributed by atoms with Crippen molar-refractivity contribution in [3.63, 3.8) is 0 Å². The minimum Gasteiger partial charge on any atom is -0.379 e. The highest BCUT2D eigenvalue weighted by atomic mass is 35.5. The fourth-order valence-electron chi connectivity index (χ4n) is 2.31. The number of amides is 1. The van der Waals surface area contributed by atoms with E-state index in [2.05, 4.69) is 10.2 Å². The normalized spacial score (nSPS) is 17.2. The maximum Gasteiger partial charge on any atom is 0.225 e. The van der Waals surface area contributed by atoms with Crippen LogP contribution in [0.2, 0.25) is 5.02 Å². The Balaban J connectivity index is 1.92. The minimum absolute atomic E-state index is 0.0267. The zero-order valence-corrected chi connectivity index (χ0v) is 14.7. The van der Waals surface area contributed by atoms with Gasteiger partial charge in [0.1, 0.15) is 0 Å². The highest BCUT2D eigenvalue weighted by Crippen LogP contribution is 2.23. The first-order valence-electron chi connectivity index (χ1n) is 7.49. The number of anilines is 1. The lowest BCUT2D eigenvalue weighted by Crippen LogP contribution is -2.35. The Morgan fingerprint density at radius 2 is 2.18 bits per heavy atom. The Kier molecular flexibility index (Phi) is 7.02. The number of nitrogens with one attached hydrogen (secondary N) is 1. The summed E-state index contributed by atoms with van der Waals surface area (Å²) in [5.74, 6) is 0.0267. The fourth-order valence-corrected chi connectivity index (χ4v) is 2.87. The summed E-state index contributed by atoms with van der Waals surface area (Å²) >= 11 is 8.04. The number of thioether (sulfide) groups is 1. The first kappa shape index (κ1) is 17.6. The third kappa shape index (κ3) is 5.47. The summed E-state index contributed by atoms with van der Waals surface area (Å²) in [5.41, 5.74) is 1.84. The molecule has 0 aliphatic carbocycles. The van der Waals surface area contributed by atoms with Crippen LogP contribution in [-0.4, -0.2) is 48.6 Å². The van der Waals surface area contributed by atoms with Gasteiger partial charge in [-0.3, -0.25) is 9.69 Å². The van der Waals surface area contributed by atoms with E-state index in [0.29, 0.717) is 16.7 Å². The van der Waals surface area contributed by atoms with Crippen molar-refractivity contribution in [3.05, 3.63) is 28.8 Å². The molecule has 6 heteroatoms. The monoisotopic (exact) mass is 342 g/mol. The first-order chi connectivity index (χ1) is 10.6. The molecule has 1 aliphatic rings. The molecule has 0 radical (unpaired) electrons. The van der Waals surface area contributed by atoms with Gasteiger partial charge in [0, 0.05) is 42.0 Å². The van der Waals surface area contributed by atoms with Gasteiger partial charge in [-0.05, 0) is 24.0 Å². The maximum absolute atomic E-state index is 11.9. The van der Waals surface area contributed by atoms with Gasteiger partial charge in [-0.15, -0.1) is 0 Å². The second-order valence-corrected chi connectivity index (χ2v) is 7.18. The average molecular weight is 343 g/mol. The number of rotatable bonds is 6. The van der Waals surface area contributed by atoms with Gasteiger partial charge in [0.15, 0.2) is 0 Å². The second kappa shape index (κ2) is 8.77. The molecule has 1 atom stereocenters. The lowest BCUT2D eigenvalue weighted by atomic mass is 10.1. The van der Waals surface area contributed by atoms with Crippen LogP contribution in [0, 0.1) is 0 Å². The molecule has 1 saturated heterocycles. The molecule has 1 heterocycles. The van der Waals surface area contributed by atoms with E-state index in [4.69, 9.17) is 16.3 Å². The first-order valence-corrected chi connectivity index (χ1v) is 9.16. The van der Waals surface area contributed by atoms with Gasteiger partial charge >= 0.3 is 0 Å². The second-order valence-electron chi connectivity index (χ2n) is 5.49. The van der Waals surface area contributed by atoms with E-state index >= 15 is 0 Å². The number of carbonyl (C=O) groups is 1. The molecular formula is C16H23ClN2O2S. The fraction of sp³-hybridized carbons (Fsp3) is 0.562. The molecule has 0 bridgehead atoms.